The fourth-order valence-corrected chi connectivity index (χ4v) is 6.52. The van der Waals surface area contributed by atoms with E-state index in [1.165, 1.54) is 30.3 Å². The Labute approximate surface area is 224 Å². The van der Waals surface area contributed by atoms with Crippen LogP contribution < -0.4 is 11.1 Å². The first kappa shape index (κ1) is 26.2. The Bertz CT molecular complexity index is 1190. The second-order valence-electron chi connectivity index (χ2n) is 11.4. The molecule has 2 saturated carbocycles. The first-order valence-electron chi connectivity index (χ1n) is 13.6. The van der Waals surface area contributed by atoms with Crippen LogP contribution in [0.15, 0.2) is 48.7 Å². The molecular weight excluding hydrogens is 480 g/mol. The molecule has 0 bridgehead atoms. The van der Waals surface area contributed by atoms with E-state index >= 15 is 0 Å². The molecule has 3 fully saturated rings. The molecule has 3 N–H and O–H groups in total. The summed E-state index contributed by atoms with van der Waals surface area (Å²) in [5.74, 6) is -0.140. The van der Waals surface area contributed by atoms with Gasteiger partial charge in [-0.15, -0.1) is 0 Å². The lowest BCUT2D eigenvalue weighted by Gasteiger charge is -2.51. The van der Waals surface area contributed by atoms with Gasteiger partial charge in [-0.3, -0.25) is 14.5 Å². The summed E-state index contributed by atoms with van der Waals surface area (Å²) >= 11 is 0. The van der Waals surface area contributed by atoms with Crippen LogP contribution in [-0.4, -0.2) is 76.8 Å². The Morgan fingerprint density at radius 2 is 1.82 bits per heavy atom. The van der Waals surface area contributed by atoms with Gasteiger partial charge >= 0.3 is 6.03 Å². The molecule has 4 amide bonds. The largest absolute Gasteiger partial charge is 0.366 e. The maximum absolute atomic E-state index is 13.7. The van der Waals surface area contributed by atoms with E-state index in [4.69, 9.17) is 5.73 Å². The van der Waals surface area contributed by atoms with Crippen molar-refractivity contribution >= 4 is 23.7 Å². The number of nitrogens with zero attached hydrogens (tertiary/aromatic N) is 4. The molecule has 2 aliphatic carbocycles. The molecule has 2 aromatic rings. The van der Waals surface area contributed by atoms with Gasteiger partial charge in [-0.25, -0.2) is 9.78 Å². The van der Waals surface area contributed by atoms with Gasteiger partial charge < -0.3 is 20.9 Å². The lowest BCUT2D eigenvalue weighted by molar-refractivity contribution is -0.116. The third-order valence-electron chi connectivity index (χ3n) is 9.05. The molecule has 38 heavy (non-hydrogen) atoms. The molecule has 5 rings (SSSR count). The molecule has 1 saturated heterocycles. The topological polar surface area (TPSA) is 112 Å². The number of aromatic nitrogens is 1. The SMILES string of the molecule is CN(C)C1(c2ccccc2)CCC2(CC1)CN(CC(=O)Nc1cc(C(N)=O)ccn1)C(=O)N2CC1CCC1. The van der Waals surface area contributed by atoms with Crippen molar-refractivity contribution in [1.29, 1.82) is 0 Å². The predicted octanol–water partition coefficient (Wildman–Crippen LogP) is 3.43. The summed E-state index contributed by atoms with van der Waals surface area (Å²) in [5, 5.41) is 2.73. The van der Waals surface area contributed by atoms with Gasteiger partial charge in [-0.05, 0) is 76.2 Å². The number of amides is 4. The number of hydrogen-bond acceptors (Lipinski definition) is 5. The van der Waals surface area contributed by atoms with E-state index in [1.807, 2.05) is 0 Å². The average molecular weight is 519 g/mol. The highest BCUT2D eigenvalue weighted by atomic mass is 16.2. The van der Waals surface area contributed by atoms with Crippen LogP contribution in [0.3, 0.4) is 0 Å². The van der Waals surface area contributed by atoms with Gasteiger partial charge in [0.1, 0.15) is 12.4 Å². The average Bonchev–Trinajstić information content (AvgIpc) is 3.12. The van der Waals surface area contributed by atoms with Crippen molar-refractivity contribution < 1.29 is 14.4 Å². The minimum absolute atomic E-state index is 0.0528. The monoisotopic (exact) mass is 518 g/mol. The molecule has 9 nitrogen and oxygen atoms in total. The molecular formula is C29H38N6O3. The third-order valence-corrected chi connectivity index (χ3v) is 9.05. The molecule has 3 aliphatic rings. The van der Waals surface area contributed by atoms with Gasteiger partial charge in [0.15, 0.2) is 0 Å². The molecule has 9 heteroatoms. The van der Waals surface area contributed by atoms with Crippen molar-refractivity contribution in [3.8, 4) is 0 Å². The van der Waals surface area contributed by atoms with E-state index < -0.39 is 5.91 Å². The van der Waals surface area contributed by atoms with Gasteiger partial charge in [0, 0.05) is 30.4 Å². The first-order valence-corrected chi connectivity index (χ1v) is 13.6. The maximum Gasteiger partial charge on any atom is 0.321 e. The minimum Gasteiger partial charge on any atom is -0.366 e. The van der Waals surface area contributed by atoms with E-state index in [2.05, 4.69) is 64.5 Å². The number of nitrogens with one attached hydrogen (secondary N) is 1. The summed E-state index contributed by atoms with van der Waals surface area (Å²) in [4.78, 5) is 48.4. The zero-order valence-electron chi connectivity index (χ0n) is 22.4. The quantitative estimate of drug-likeness (QED) is 0.556. The van der Waals surface area contributed by atoms with Crippen molar-refractivity contribution in [1.82, 2.24) is 19.7 Å². The highest BCUT2D eigenvalue weighted by Crippen LogP contribution is 2.49. The Morgan fingerprint density at radius 3 is 2.42 bits per heavy atom. The molecule has 202 valence electrons. The van der Waals surface area contributed by atoms with Crippen molar-refractivity contribution in [2.75, 3.05) is 39.0 Å². The zero-order valence-corrected chi connectivity index (χ0v) is 22.4. The molecule has 0 radical (unpaired) electrons. The summed E-state index contributed by atoms with van der Waals surface area (Å²) in [6.45, 7) is 1.25. The number of anilines is 1. The molecule has 2 heterocycles. The van der Waals surface area contributed by atoms with Crippen LogP contribution in [0, 0.1) is 5.92 Å². The number of primary amides is 1. The number of hydrogen-bond donors (Lipinski definition) is 2. The van der Waals surface area contributed by atoms with Crippen molar-refractivity contribution in [3.63, 3.8) is 0 Å². The van der Waals surface area contributed by atoms with Crippen LogP contribution >= 0.6 is 0 Å². The summed E-state index contributed by atoms with van der Waals surface area (Å²) < 4.78 is 0. The number of urea groups is 1. The van der Waals surface area contributed by atoms with Crippen molar-refractivity contribution in [3.05, 3.63) is 59.8 Å². The summed E-state index contributed by atoms with van der Waals surface area (Å²) in [5.41, 5.74) is 6.59. The molecule has 0 unspecified atom stereocenters. The van der Waals surface area contributed by atoms with Crippen LogP contribution in [0.25, 0.3) is 0 Å². The fourth-order valence-electron chi connectivity index (χ4n) is 6.52. The van der Waals surface area contributed by atoms with Gasteiger partial charge in [-0.2, -0.15) is 0 Å². The summed E-state index contributed by atoms with van der Waals surface area (Å²) in [6.07, 6.45) is 8.64. The second-order valence-corrected chi connectivity index (χ2v) is 11.4. The second kappa shape index (κ2) is 10.4. The van der Waals surface area contributed by atoms with Crippen molar-refractivity contribution in [2.24, 2.45) is 11.7 Å². The van der Waals surface area contributed by atoms with Crippen molar-refractivity contribution in [2.45, 2.75) is 56.0 Å². The number of rotatable bonds is 8. The van der Waals surface area contributed by atoms with E-state index in [1.54, 1.807) is 4.90 Å². The van der Waals surface area contributed by atoms with E-state index in [0.29, 0.717) is 12.5 Å². The standard InChI is InChI=1S/C29H38N6O3/c1-33(2)29(23-9-4-3-5-10-23)14-12-28(13-15-29)20-34(27(38)35(28)18-21-7-6-8-21)19-25(36)32-24-17-22(26(30)37)11-16-31-24/h3-5,9-11,16-17,21H,6-8,12-15,18-20H2,1-2H3,(H2,30,37)(H,31,32,36). The maximum atomic E-state index is 13.7. The predicted molar refractivity (Wildman–Crippen MR) is 145 cm³/mol. The molecule has 0 atom stereocenters. The Kier molecular flexibility index (Phi) is 7.13. The van der Waals surface area contributed by atoms with Crippen LogP contribution in [0.4, 0.5) is 10.6 Å². The van der Waals surface area contributed by atoms with Gasteiger partial charge in [0.05, 0.1) is 5.54 Å². The molecule has 1 aromatic carbocycles. The lowest BCUT2D eigenvalue weighted by atomic mass is 9.68. The molecule has 1 aromatic heterocycles. The number of carbonyl (C=O) groups excluding carboxylic acids is 3. The van der Waals surface area contributed by atoms with E-state index in [-0.39, 0.29) is 40.9 Å². The van der Waals surface area contributed by atoms with Gasteiger partial charge in [0.25, 0.3) is 0 Å². The van der Waals surface area contributed by atoms with Crippen LogP contribution in [-0.2, 0) is 10.3 Å². The van der Waals surface area contributed by atoms with E-state index in [0.717, 1.165) is 45.1 Å². The first-order chi connectivity index (χ1) is 18.2. The summed E-state index contributed by atoms with van der Waals surface area (Å²) in [6, 6.07) is 13.6. The Hall–Kier alpha value is -3.46. The molecule has 1 spiro atoms. The minimum atomic E-state index is -0.590. The highest BCUT2D eigenvalue weighted by Gasteiger charge is 2.55. The Morgan fingerprint density at radius 1 is 1.11 bits per heavy atom. The van der Waals surface area contributed by atoms with Gasteiger partial charge in [0.2, 0.25) is 11.8 Å². The van der Waals surface area contributed by atoms with Gasteiger partial charge in [-0.1, -0.05) is 36.8 Å². The fraction of sp³-hybridized carbons (Fsp3) is 0.517. The lowest BCUT2D eigenvalue weighted by Crippen LogP contribution is -2.56. The van der Waals surface area contributed by atoms with E-state index in [9.17, 15) is 14.4 Å². The number of carbonyl (C=O) groups is 3. The Balaban J connectivity index is 1.33. The number of nitrogens with two attached hydrogens (primary N) is 1. The van der Waals surface area contributed by atoms with Crippen LogP contribution in [0.2, 0.25) is 0 Å². The zero-order chi connectivity index (χ0) is 26.9. The highest BCUT2D eigenvalue weighted by molar-refractivity contribution is 5.97. The smallest absolute Gasteiger partial charge is 0.321 e. The summed E-state index contributed by atoms with van der Waals surface area (Å²) in [7, 11) is 4.30. The third kappa shape index (κ3) is 4.87. The normalized spacial score (nSPS) is 25.6. The number of pyridine rings is 1. The van der Waals surface area contributed by atoms with Crippen LogP contribution in [0.5, 0.6) is 0 Å². The molecule has 1 aliphatic heterocycles. The van der Waals surface area contributed by atoms with Crippen LogP contribution in [0.1, 0.15) is 60.9 Å². The number of benzene rings is 1.